The molecule has 0 radical (unpaired) electrons. The Labute approximate surface area is 146 Å². The molecular weight excluding hydrogens is 412 g/mol. The van der Waals surface area contributed by atoms with E-state index < -0.39 is 12.1 Å². The molecule has 2 unspecified atom stereocenters. The Hall–Kier alpha value is -1.08. The van der Waals surface area contributed by atoms with E-state index in [0.29, 0.717) is 6.54 Å². The Morgan fingerprint density at radius 1 is 0.955 bits per heavy atom. The number of aliphatic hydroxyl groups is 2. The number of nitrogens with zero attached hydrogens (tertiary/aromatic N) is 2. The van der Waals surface area contributed by atoms with Crippen molar-refractivity contribution < 1.29 is 10.2 Å². The zero-order valence-corrected chi connectivity index (χ0v) is 15.1. The van der Waals surface area contributed by atoms with Crippen molar-refractivity contribution in [2.75, 3.05) is 16.3 Å². The fourth-order valence-electron chi connectivity index (χ4n) is 2.74. The molecule has 0 saturated carbocycles. The first-order valence-electron chi connectivity index (χ1n) is 6.86. The first-order valence-corrected chi connectivity index (χ1v) is 8.45. The van der Waals surface area contributed by atoms with Gasteiger partial charge in [-0.2, -0.15) is 0 Å². The molecule has 1 fully saturated rings. The second kappa shape index (κ2) is 5.85. The third-order valence-electron chi connectivity index (χ3n) is 3.76. The van der Waals surface area contributed by atoms with Crippen molar-refractivity contribution in [3.05, 3.63) is 57.5 Å². The first kappa shape index (κ1) is 15.8. The van der Waals surface area contributed by atoms with E-state index in [-0.39, 0.29) is 0 Å². The number of hydrogen-bond donors (Lipinski definition) is 2. The van der Waals surface area contributed by atoms with Crippen molar-refractivity contribution >= 4 is 43.2 Å². The highest BCUT2D eigenvalue weighted by atomic mass is 79.9. The number of anilines is 2. The molecule has 2 atom stereocenters. The lowest BCUT2D eigenvalue weighted by Gasteiger charge is -2.33. The minimum Gasteiger partial charge on any atom is -0.369 e. The van der Waals surface area contributed by atoms with Crippen LogP contribution in [0.4, 0.5) is 11.4 Å². The first-order chi connectivity index (χ1) is 10.4. The summed E-state index contributed by atoms with van der Waals surface area (Å²) in [5.74, 6) is 0. The van der Waals surface area contributed by atoms with Crippen LogP contribution in [0, 0.1) is 0 Å². The van der Waals surface area contributed by atoms with E-state index in [1.165, 1.54) is 0 Å². The van der Waals surface area contributed by atoms with Crippen LogP contribution < -0.4 is 9.80 Å². The summed E-state index contributed by atoms with van der Waals surface area (Å²) in [5.41, 5.74) is 0.455. The summed E-state index contributed by atoms with van der Waals surface area (Å²) in [7, 11) is 0. The van der Waals surface area contributed by atoms with Crippen molar-refractivity contribution in [1.82, 2.24) is 0 Å². The highest BCUT2D eigenvalue weighted by molar-refractivity contribution is 9.10. The molecule has 1 aliphatic heterocycles. The Kier molecular flexibility index (Phi) is 4.20. The van der Waals surface area contributed by atoms with E-state index in [1.54, 1.807) is 16.7 Å². The van der Waals surface area contributed by atoms with E-state index in [0.717, 1.165) is 20.3 Å². The van der Waals surface area contributed by atoms with Crippen LogP contribution in [-0.2, 0) is 0 Å². The predicted octanol–water partition coefficient (Wildman–Crippen LogP) is 3.52. The van der Waals surface area contributed by atoms with Gasteiger partial charge in [0.25, 0.3) is 0 Å². The van der Waals surface area contributed by atoms with Crippen LogP contribution in [-0.4, -0.2) is 28.8 Å². The van der Waals surface area contributed by atoms with E-state index in [2.05, 4.69) is 31.9 Å². The van der Waals surface area contributed by atoms with Gasteiger partial charge in [0.2, 0.25) is 6.35 Å². The average molecular weight is 428 g/mol. The molecule has 6 heteroatoms. The van der Waals surface area contributed by atoms with E-state index in [4.69, 9.17) is 0 Å². The minimum atomic E-state index is -1.17. The Balaban J connectivity index is 1.95. The third kappa shape index (κ3) is 2.88. The van der Waals surface area contributed by atoms with Gasteiger partial charge in [0.15, 0.2) is 5.72 Å². The van der Waals surface area contributed by atoms with Gasteiger partial charge in [-0.1, -0.05) is 31.9 Å². The number of aliphatic hydroxyl groups excluding tert-OH is 1. The molecule has 2 aromatic rings. The molecule has 0 aromatic heterocycles. The van der Waals surface area contributed by atoms with Crippen LogP contribution in [0.15, 0.2) is 57.5 Å². The lowest BCUT2D eigenvalue weighted by atomic mass is 10.2. The Morgan fingerprint density at radius 2 is 1.41 bits per heavy atom. The lowest BCUT2D eigenvalue weighted by Crippen LogP contribution is -2.47. The number of β-amino-alcohol motifs (C(OH)–C–C–N with tert-alkyl or cyclic N) is 1. The Morgan fingerprint density at radius 3 is 1.91 bits per heavy atom. The second-order valence-corrected chi connectivity index (χ2v) is 7.35. The molecule has 4 nitrogen and oxygen atoms in total. The smallest absolute Gasteiger partial charge is 0.210 e. The largest absolute Gasteiger partial charge is 0.369 e. The van der Waals surface area contributed by atoms with Crippen LogP contribution >= 0.6 is 31.9 Å². The van der Waals surface area contributed by atoms with Gasteiger partial charge in [-0.25, -0.2) is 0 Å². The van der Waals surface area contributed by atoms with Gasteiger partial charge in [0.1, 0.15) is 0 Å². The Bertz CT molecular complexity index is 659. The van der Waals surface area contributed by atoms with Crippen LogP contribution in [0.5, 0.6) is 0 Å². The van der Waals surface area contributed by atoms with Crippen LogP contribution in [0.25, 0.3) is 0 Å². The molecule has 1 saturated heterocycles. The van der Waals surface area contributed by atoms with Crippen molar-refractivity contribution in [2.45, 2.75) is 19.0 Å². The van der Waals surface area contributed by atoms with Gasteiger partial charge in [0, 0.05) is 20.3 Å². The maximum absolute atomic E-state index is 10.7. The number of benzene rings is 2. The molecule has 2 N–H and O–H groups in total. The average Bonchev–Trinajstić information content (AvgIpc) is 2.71. The van der Waals surface area contributed by atoms with Gasteiger partial charge in [-0.3, -0.25) is 4.90 Å². The summed E-state index contributed by atoms with van der Waals surface area (Å²) >= 11 is 6.80. The van der Waals surface area contributed by atoms with E-state index in [1.807, 2.05) is 48.5 Å². The summed E-state index contributed by atoms with van der Waals surface area (Å²) in [4.78, 5) is 3.38. The number of halogens is 2. The third-order valence-corrected chi connectivity index (χ3v) is 4.82. The zero-order valence-electron chi connectivity index (χ0n) is 11.9. The molecule has 116 valence electrons. The highest BCUT2D eigenvalue weighted by Gasteiger charge is 2.46. The topological polar surface area (TPSA) is 46.9 Å². The van der Waals surface area contributed by atoms with Crippen molar-refractivity contribution in [2.24, 2.45) is 0 Å². The van der Waals surface area contributed by atoms with E-state index >= 15 is 0 Å². The number of hydrogen-bond acceptors (Lipinski definition) is 4. The quantitative estimate of drug-likeness (QED) is 0.769. The van der Waals surface area contributed by atoms with Gasteiger partial charge < -0.3 is 15.1 Å². The minimum absolute atomic E-state index is 0.311. The summed E-state index contributed by atoms with van der Waals surface area (Å²) in [6.45, 7) is 2.02. The van der Waals surface area contributed by atoms with Gasteiger partial charge in [0.05, 0.1) is 6.54 Å². The summed E-state index contributed by atoms with van der Waals surface area (Å²) in [5, 5.41) is 21.4. The summed E-state index contributed by atoms with van der Waals surface area (Å²) in [6, 6.07) is 15.2. The van der Waals surface area contributed by atoms with Crippen LogP contribution in [0.3, 0.4) is 0 Å². The lowest BCUT2D eigenvalue weighted by molar-refractivity contribution is 0.0628. The van der Waals surface area contributed by atoms with Gasteiger partial charge in [-0.15, -0.1) is 0 Å². The van der Waals surface area contributed by atoms with Crippen molar-refractivity contribution in [3.8, 4) is 0 Å². The summed E-state index contributed by atoms with van der Waals surface area (Å²) in [6.07, 6.45) is -0.933. The molecule has 0 bridgehead atoms. The molecule has 3 rings (SSSR count). The molecular formula is C16H16Br2N2O2. The fraction of sp³-hybridized carbons (Fsp3) is 0.250. The standard InChI is InChI=1S/C16H16Br2N2O2/c1-16(22)10-19(13-6-2-11(17)3-7-13)15(21)20(16)14-8-4-12(18)5-9-14/h2-9,15,21-22H,10H2,1H3. The van der Waals surface area contributed by atoms with Crippen LogP contribution in [0.1, 0.15) is 6.92 Å². The zero-order chi connectivity index (χ0) is 15.9. The second-order valence-electron chi connectivity index (χ2n) is 5.51. The fourth-order valence-corrected chi connectivity index (χ4v) is 3.27. The maximum atomic E-state index is 10.7. The van der Waals surface area contributed by atoms with Crippen molar-refractivity contribution in [3.63, 3.8) is 0 Å². The molecule has 1 aliphatic rings. The molecule has 0 spiro atoms. The molecule has 0 amide bonds. The number of rotatable bonds is 2. The molecule has 1 heterocycles. The van der Waals surface area contributed by atoms with Crippen LogP contribution in [0.2, 0.25) is 0 Å². The molecule has 22 heavy (non-hydrogen) atoms. The predicted molar refractivity (Wildman–Crippen MR) is 94.7 cm³/mol. The van der Waals surface area contributed by atoms with Gasteiger partial charge >= 0.3 is 0 Å². The molecule has 0 aliphatic carbocycles. The summed E-state index contributed by atoms with van der Waals surface area (Å²) < 4.78 is 1.93. The normalized spacial score (nSPS) is 24.9. The van der Waals surface area contributed by atoms with Gasteiger partial charge in [-0.05, 0) is 55.5 Å². The maximum Gasteiger partial charge on any atom is 0.210 e. The SMILES string of the molecule is CC1(O)CN(c2ccc(Br)cc2)C(O)N1c1ccc(Br)cc1. The molecule has 2 aromatic carbocycles. The van der Waals surface area contributed by atoms with E-state index in [9.17, 15) is 10.2 Å². The van der Waals surface area contributed by atoms with Crippen molar-refractivity contribution in [1.29, 1.82) is 0 Å². The highest BCUT2D eigenvalue weighted by Crippen LogP contribution is 2.36. The monoisotopic (exact) mass is 426 g/mol.